The van der Waals surface area contributed by atoms with Crippen molar-refractivity contribution in [2.75, 3.05) is 25.5 Å². The van der Waals surface area contributed by atoms with Gasteiger partial charge in [0.2, 0.25) is 0 Å². The Kier molecular flexibility index (Phi) is 6.87. The van der Waals surface area contributed by atoms with E-state index in [0.717, 1.165) is 46.0 Å². The van der Waals surface area contributed by atoms with Crippen LogP contribution in [0.25, 0.3) is 5.69 Å². The monoisotopic (exact) mass is 411 g/mol. The van der Waals surface area contributed by atoms with Crippen molar-refractivity contribution in [2.45, 2.75) is 33.9 Å². The maximum Gasteiger partial charge on any atom is 0.191 e. The molecule has 0 atom stereocenters. The zero-order chi connectivity index (χ0) is 20.8. The van der Waals surface area contributed by atoms with Crippen molar-refractivity contribution < 1.29 is 0 Å². The number of hydrogen-bond donors (Lipinski definition) is 2. The molecule has 2 N–H and O–H groups in total. The van der Waals surface area contributed by atoms with Crippen LogP contribution in [0.2, 0.25) is 0 Å². The van der Waals surface area contributed by atoms with Crippen LogP contribution in [-0.4, -0.2) is 41.4 Å². The third-order valence-electron chi connectivity index (χ3n) is 4.34. The Morgan fingerprint density at radius 1 is 1.21 bits per heavy atom. The lowest BCUT2D eigenvalue weighted by Crippen LogP contribution is -2.36. The molecule has 2 heterocycles. The predicted octanol–water partition coefficient (Wildman–Crippen LogP) is 3.27. The summed E-state index contributed by atoms with van der Waals surface area (Å²) >= 11 is 1.64. The van der Waals surface area contributed by atoms with Gasteiger partial charge in [-0.25, -0.2) is 14.7 Å². The number of aliphatic imine (C=N–C) groups is 1. The molecule has 2 aromatic heterocycles. The highest BCUT2D eigenvalue weighted by Crippen LogP contribution is 2.19. The molecular formula is C21H29N7S. The fraction of sp³-hybridized carbons (Fsp3) is 0.381. The number of thiazole rings is 1. The molecule has 7 nitrogen and oxygen atoms in total. The number of aryl methyl sites for hydroxylation is 2. The molecular weight excluding hydrogens is 382 g/mol. The molecule has 3 rings (SSSR count). The van der Waals surface area contributed by atoms with E-state index in [1.54, 1.807) is 11.3 Å². The molecule has 1 aromatic carbocycles. The van der Waals surface area contributed by atoms with Crippen LogP contribution in [0.4, 0.5) is 5.13 Å². The number of para-hydroxylation sites is 1. The van der Waals surface area contributed by atoms with Gasteiger partial charge >= 0.3 is 0 Å². The van der Waals surface area contributed by atoms with Gasteiger partial charge in [-0.15, -0.1) is 11.3 Å². The third kappa shape index (κ3) is 5.35. The Labute approximate surface area is 176 Å². The van der Waals surface area contributed by atoms with E-state index in [-0.39, 0.29) is 0 Å². The highest BCUT2D eigenvalue weighted by Gasteiger charge is 2.09. The molecule has 0 radical (unpaired) electrons. The van der Waals surface area contributed by atoms with Crippen LogP contribution in [0.15, 0.2) is 40.7 Å². The van der Waals surface area contributed by atoms with Crippen LogP contribution < -0.4 is 15.5 Å². The molecule has 29 heavy (non-hydrogen) atoms. The molecule has 0 aliphatic carbocycles. The van der Waals surface area contributed by atoms with Crippen molar-refractivity contribution in [3.8, 4) is 5.69 Å². The number of nitrogens with zero attached hydrogens (tertiary/aromatic N) is 5. The van der Waals surface area contributed by atoms with E-state index < -0.39 is 0 Å². The molecule has 0 amide bonds. The summed E-state index contributed by atoms with van der Waals surface area (Å²) in [5.74, 6) is 0.773. The summed E-state index contributed by atoms with van der Waals surface area (Å²) in [6, 6.07) is 10.3. The molecule has 0 bridgehead atoms. The van der Waals surface area contributed by atoms with Crippen LogP contribution in [-0.2, 0) is 13.1 Å². The van der Waals surface area contributed by atoms with Crippen LogP contribution in [0, 0.1) is 13.8 Å². The minimum Gasteiger partial charge on any atom is -0.357 e. The maximum atomic E-state index is 4.78. The second-order valence-corrected chi connectivity index (χ2v) is 7.87. The lowest BCUT2D eigenvalue weighted by atomic mass is 10.2. The Morgan fingerprint density at radius 3 is 2.66 bits per heavy atom. The van der Waals surface area contributed by atoms with Gasteiger partial charge in [-0.05, 0) is 38.5 Å². The first-order chi connectivity index (χ1) is 14.0. The quantitative estimate of drug-likeness (QED) is 0.461. The number of anilines is 1. The highest BCUT2D eigenvalue weighted by atomic mass is 32.1. The summed E-state index contributed by atoms with van der Waals surface area (Å²) in [6.07, 6.45) is 0. The highest BCUT2D eigenvalue weighted by molar-refractivity contribution is 7.13. The number of rotatable bonds is 7. The first kappa shape index (κ1) is 20.9. The van der Waals surface area contributed by atoms with Gasteiger partial charge in [0.15, 0.2) is 11.1 Å². The topological polar surface area (TPSA) is 70.4 Å². The van der Waals surface area contributed by atoms with E-state index >= 15 is 0 Å². The zero-order valence-electron chi connectivity index (χ0n) is 17.7. The molecule has 0 saturated carbocycles. The molecule has 154 valence electrons. The van der Waals surface area contributed by atoms with E-state index in [1.165, 1.54) is 0 Å². The number of aromatic nitrogens is 3. The Hall–Kier alpha value is -2.87. The van der Waals surface area contributed by atoms with Gasteiger partial charge in [0.1, 0.15) is 0 Å². The molecule has 0 unspecified atom stereocenters. The van der Waals surface area contributed by atoms with Crippen molar-refractivity contribution in [1.82, 2.24) is 25.4 Å². The maximum absolute atomic E-state index is 4.78. The lowest BCUT2D eigenvalue weighted by molar-refractivity contribution is 0.793. The number of hydrogen-bond acceptors (Lipinski definition) is 5. The van der Waals surface area contributed by atoms with Crippen molar-refractivity contribution in [2.24, 2.45) is 4.99 Å². The zero-order valence-corrected chi connectivity index (χ0v) is 18.5. The summed E-state index contributed by atoms with van der Waals surface area (Å²) in [7, 11) is 4.00. The van der Waals surface area contributed by atoms with Gasteiger partial charge in [-0.3, -0.25) is 0 Å². The second kappa shape index (κ2) is 9.56. The van der Waals surface area contributed by atoms with E-state index in [4.69, 9.17) is 4.99 Å². The average molecular weight is 412 g/mol. The average Bonchev–Trinajstić information content (AvgIpc) is 3.30. The summed E-state index contributed by atoms with van der Waals surface area (Å²) in [5, 5.41) is 14.4. The van der Waals surface area contributed by atoms with Gasteiger partial charge < -0.3 is 15.5 Å². The van der Waals surface area contributed by atoms with Crippen molar-refractivity contribution >= 4 is 22.4 Å². The number of benzene rings is 1. The van der Waals surface area contributed by atoms with E-state index in [2.05, 4.69) is 58.1 Å². The summed E-state index contributed by atoms with van der Waals surface area (Å²) in [5.41, 5.74) is 5.32. The molecule has 0 fully saturated rings. The molecule has 0 spiro atoms. The first-order valence-electron chi connectivity index (χ1n) is 9.73. The van der Waals surface area contributed by atoms with Gasteiger partial charge in [0.05, 0.1) is 30.2 Å². The predicted molar refractivity (Wildman–Crippen MR) is 121 cm³/mol. The van der Waals surface area contributed by atoms with Crippen LogP contribution in [0.5, 0.6) is 0 Å². The molecule has 8 heteroatoms. The largest absolute Gasteiger partial charge is 0.357 e. The molecule has 3 aromatic rings. The van der Waals surface area contributed by atoms with Gasteiger partial charge in [-0.1, -0.05) is 18.2 Å². The first-order valence-corrected chi connectivity index (χ1v) is 10.6. The Bertz CT molecular complexity index is 971. The van der Waals surface area contributed by atoms with Gasteiger partial charge in [-0.2, -0.15) is 5.10 Å². The van der Waals surface area contributed by atoms with Crippen LogP contribution in [0.3, 0.4) is 0 Å². The molecule has 0 aliphatic rings. The summed E-state index contributed by atoms with van der Waals surface area (Å²) in [6.45, 7) is 8.14. The van der Waals surface area contributed by atoms with E-state index in [9.17, 15) is 0 Å². The minimum absolute atomic E-state index is 0.559. The van der Waals surface area contributed by atoms with Crippen molar-refractivity contribution in [3.05, 3.63) is 58.4 Å². The van der Waals surface area contributed by atoms with Gasteiger partial charge in [0.25, 0.3) is 0 Å². The lowest BCUT2D eigenvalue weighted by Gasteiger charge is -2.13. The number of nitrogens with one attached hydrogen (secondary N) is 2. The number of guanidine groups is 1. The standard InChI is InChI=1S/C21H29N7S/c1-6-22-20(24-13-18-14-29-21(25-18)27(4)5)23-12-17-9-7-8-10-19(17)28-16(3)11-15(2)26-28/h7-11,14H,6,12-13H2,1-5H3,(H2,22,23,24). The van der Waals surface area contributed by atoms with Gasteiger partial charge in [0, 0.05) is 31.7 Å². The molecule has 0 aliphatic heterocycles. The normalized spacial score (nSPS) is 11.6. The Balaban J connectivity index is 1.74. The minimum atomic E-state index is 0.559. The Morgan fingerprint density at radius 2 is 2.00 bits per heavy atom. The summed E-state index contributed by atoms with van der Waals surface area (Å²) in [4.78, 5) is 11.4. The fourth-order valence-electron chi connectivity index (χ4n) is 2.99. The van der Waals surface area contributed by atoms with Crippen molar-refractivity contribution in [3.63, 3.8) is 0 Å². The van der Waals surface area contributed by atoms with Crippen LogP contribution >= 0.6 is 11.3 Å². The van der Waals surface area contributed by atoms with E-state index in [1.807, 2.05) is 42.7 Å². The third-order valence-corrected chi connectivity index (χ3v) is 5.40. The second-order valence-electron chi connectivity index (χ2n) is 7.03. The smallest absolute Gasteiger partial charge is 0.191 e. The molecule has 0 saturated heterocycles. The fourth-order valence-corrected chi connectivity index (χ4v) is 3.75. The SMILES string of the molecule is CCNC(=NCc1ccccc1-n1nc(C)cc1C)NCc1csc(N(C)C)n1. The van der Waals surface area contributed by atoms with E-state index in [0.29, 0.717) is 13.1 Å². The summed E-state index contributed by atoms with van der Waals surface area (Å²) < 4.78 is 1.98. The van der Waals surface area contributed by atoms with Crippen LogP contribution in [0.1, 0.15) is 29.6 Å². The van der Waals surface area contributed by atoms with Crippen molar-refractivity contribution in [1.29, 1.82) is 0 Å².